The monoisotopic (exact) mass is 233 g/mol. The molecule has 0 aliphatic carbocycles. The lowest BCUT2D eigenvalue weighted by molar-refractivity contribution is 0.131. The molecule has 0 radical (unpaired) electrons. The minimum atomic E-state index is -0.367. The van der Waals surface area contributed by atoms with Crippen molar-refractivity contribution in [2.45, 2.75) is 6.54 Å². The number of carbonyl (C=O) groups excluding carboxylic acids is 1. The van der Waals surface area contributed by atoms with Crippen molar-refractivity contribution < 1.29 is 14.6 Å². The molecule has 4 nitrogen and oxygen atoms in total. The summed E-state index contributed by atoms with van der Waals surface area (Å²) in [5.74, 6) is 5.38. The Bertz CT molecular complexity index is 428. The maximum atomic E-state index is 11.2. The van der Waals surface area contributed by atoms with Crippen molar-refractivity contribution in [2.75, 3.05) is 20.8 Å². The van der Waals surface area contributed by atoms with Crippen LogP contribution < -0.4 is 0 Å². The smallest absolute Gasteiger partial charge is 0.409 e. The van der Waals surface area contributed by atoms with E-state index in [9.17, 15) is 4.79 Å². The maximum Gasteiger partial charge on any atom is 0.409 e. The van der Waals surface area contributed by atoms with Gasteiger partial charge in [0.25, 0.3) is 0 Å². The van der Waals surface area contributed by atoms with Gasteiger partial charge in [0.05, 0.1) is 7.11 Å². The molecule has 0 atom stereocenters. The zero-order chi connectivity index (χ0) is 12.7. The number of nitrogens with zero attached hydrogens (tertiary/aromatic N) is 1. The number of rotatable bonds is 2. The highest BCUT2D eigenvalue weighted by Gasteiger charge is 2.07. The molecule has 4 heteroatoms. The van der Waals surface area contributed by atoms with Gasteiger partial charge in [-0.1, -0.05) is 24.0 Å². The maximum absolute atomic E-state index is 11.2. The first-order chi connectivity index (χ1) is 8.17. The third-order valence-corrected chi connectivity index (χ3v) is 2.17. The Hall–Kier alpha value is -1.99. The van der Waals surface area contributed by atoms with E-state index in [1.807, 2.05) is 24.3 Å². The average Bonchev–Trinajstić information content (AvgIpc) is 2.37. The first-order valence-corrected chi connectivity index (χ1v) is 5.15. The number of aliphatic hydroxyl groups is 1. The van der Waals surface area contributed by atoms with Gasteiger partial charge in [0.15, 0.2) is 0 Å². The molecule has 0 aromatic heterocycles. The Balaban J connectivity index is 2.65. The Morgan fingerprint density at radius 1 is 1.41 bits per heavy atom. The predicted molar refractivity (Wildman–Crippen MR) is 64.3 cm³/mol. The number of ether oxygens (including phenoxy) is 1. The number of methoxy groups -OCH3 is 1. The lowest BCUT2D eigenvalue weighted by Gasteiger charge is -2.15. The molecule has 0 saturated heterocycles. The Labute approximate surface area is 101 Å². The molecule has 0 bridgehead atoms. The third kappa shape index (κ3) is 4.17. The summed E-state index contributed by atoms with van der Waals surface area (Å²) in [6, 6.07) is 7.48. The van der Waals surface area contributed by atoms with Crippen LogP contribution in [0, 0.1) is 11.8 Å². The fourth-order valence-corrected chi connectivity index (χ4v) is 1.33. The first-order valence-electron chi connectivity index (χ1n) is 5.15. The fraction of sp³-hybridized carbons (Fsp3) is 0.308. The molecule has 0 fully saturated rings. The summed E-state index contributed by atoms with van der Waals surface area (Å²) in [6.45, 7) is 0.340. The van der Waals surface area contributed by atoms with Crippen LogP contribution in [0.25, 0.3) is 0 Å². The molecule has 0 unspecified atom stereocenters. The molecule has 0 saturated carbocycles. The van der Waals surface area contributed by atoms with Crippen molar-refractivity contribution in [3.05, 3.63) is 35.4 Å². The lowest BCUT2D eigenvalue weighted by Crippen LogP contribution is -2.25. The van der Waals surface area contributed by atoms with E-state index in [0.717, 1.165) is 11.1 Å². The van der Waals surface area contributed by atoms with Crippen molar-refractivity contribution in [3.8, 4) is 11.8 Å². The Morgan fingerprint density at radius 2 is 2.06 bits per heavy atom. The number of hydrogen-bond acceptors (Lipinski definition) is 3. The normalized spacial score (nSPS) is 9.12. The number of hydrogen-bond donors (Lipinski definition) is 1. The van der Waals surface area contributed by atoms with Crippen molar-refractivity contribution in [2.24, 2.45) is 0 Å². The highest BCUT2D eigenvalue weighted by molar-refractivity contribution is 5.67. The summed E-state index contributed by atoms with van der Waals surface area (Å²) in [6.07, 6.45) is -0.367. The number of aliphatic hydroxyl groups excluding tert-OH is 1. The van der Waals surface area contributed by atoms with E-state index in [1.165, 1.54) is 12.0 Å². The summed E-state index contributed by atoms with van der Waals surface area (Å²) in [7, 11) is 3.03. The van der Waals surface area contributed by atoms with Gasteiger partial charge >= 0.3 is 6.09 Å². The summed E-state index contributed by atoms with van der Waals surface area (Å²) in [4.78, 5) is 12.7. The van der Waals surface area contributed by atoms with Crippen LogP contribution in [0.4, 0.5) is 4.79 Å². The van der Waals surface area contributed by atoms with Gasteiger partial charge in [0.2, 0.25) is 0 Å². The van der Waals surface area contributed by atoms with Crippen molar-refractivity contribution in [1.29, 1.82) is 0 Å². The third-order valence-electron chi connectivity index (χ3n) is 2.17. The molecule has 1 aromatic carbocycles. The van der Waals surface area contributed by atoms with E-state index in [2.05, 4.69) is 16.6 Å². The Kier molecular flexibility index (Phi) is 5.05. The largest absolute Gasteiger partial charge is 0.453 e. The molecule has 0 heterocycles. The lowest BCUT2D eigenvalue weighted by atomic mass is 10.1. The summed E-state index contributed by atoms with van der Waals surface area (Å²) in [5.41, 5.74) is 1.83. The molecule has 1 rings (SSSR count). The number of benzene rings is 1. The van der Waals surface area contributed by atoms with Crippen molar-refractivity contribution in [3.63, 3.8) is 0 Å². The fourth-order valence-electron chi connectivity index (χ4n) is 1.33. The van der Waals surface area contributed by atoms with E-state index in [1.54, 1.807) is 7.05 Å². The molecule has 1 amide bonds. The predicted octanol–water partition coefficient (Wildman–Crippen LogP) is 1.23. The molecule has 0 aliphatic heterocycles. The molecular formula is C13H15NO3. The highest BCUT2D eigenvalue weighted by atomic mass is 16.5. The minimum absolute atomic E-state index is 0.146. The molecule has 1 aromatic rings. The average molecular weight is 233 g/mol. The van der Waals surface area contributed by atoms with Gasteiger partial charge in [0, 0.05) is 19.2 Å². The van der Waals surface area contributed by atoms with Crippen molar-refractivity contribution >= 4 is 6.09 Å². The zero-order valence-corrected chi connectivity index (χ0v) is 9.93. The topological polar surface area (TPSA) is 49.8 Å². The molecule has 1 N–H and O–H groups in total. The van der Waals surface area contributed by atoms with E-state index >= 15 is 0 Å². The van der Waals surface area contributed by atoms with Gasteiger partial charge in [-0.05, 0) is 17.7 Å². The van der Waals surface area contributed by atoms with Crippen LogP contribution in [-0.2, 0) is 11.3 Å². The zero-order valence-electron chi connectivity index (χ0n) is 9.93. The van der Waals surface area contributed by atoms with Gasteiger partial charge in [-0.2, -0.15) is 0 Å². The first kappa shape index (κ1) is 13.1. The van der Waals surface area contributed by atoms with E-state index in [4.69, 9.17) is 5.11 Å². The van der Waals surface area contributed by atoms with Crippen LogP contribution in [-0.4, -0.2) is 36.9 Å². The molecule has 0 spiro atoms. The second-order valence-electron chi connectivity index (χ2n) is 3.48. The SMILES string of the molecule is COC(=O)N(C)Cc1ccc(C#CCO)cc1. The summed E-state index contributed by atoms with van der Waals surface area (Å²) >= 11 is 0. The molecule has 90 valence electrons. The summed E-state index contributed by atoms with van der Waals surface area (Å²) in [5, 5.41) is 8.56. The quantitative estimate of drug-likeness (QED) is 0.782. The van der Waals surface area contributed by atoms with E-state index in [-0.39, 0.29) is 12.7 Å². The van der Waals surface area contributed by atoms with Crippen LogP contribution in [0.15, 0.2) is 24.3 Å². The minimum Gasteiger partial charge on any atom is -0.453 e. The summed E-state index contributed by atoms with van der Waals surface area (Å²) < 4.78 is 4.60. The van der Waals surface area contributed by atoms with Gasteiger partial charge in [-0.15, -0.1) is 0 Å². The van der Waals surface area contributed by atoms with Gasteiger partial charge in [-0.25, -0.2) is 4.79 Å². The van der Waals surface area contributed by atoms with Crippen molar-refractivity contribution in [1.82, 2.24) is 4.90 Å². The molecule has 0 aliphatic rings. The standard InChI is InChI=1S/C13H15NO3/c1-14(13(16)17-2)10-12-7-5-11(6-8-12)4-3-9-15/h5-8,15H,9-10H2,1-2H3. The molecular weight excluding hydrogens is 218 g/mol. The van der Waals surface area contributed by atoms with Gasteiger partial charge in [0.1, 0.15) is 6.61 Å². The van der Waals surface area contributed by atoms with Crippen LogP contribution in [0.5, 0.6) is 0 Å². The highest BCUT2D eigenvalue weighted by Crippen LogP contribution is 2.06. The second kappa shape index (κ2) is 6.56. The van der Waals surface area contributed by atoms with Crippen LogP contribution in [0.2, 0.25) is 0 Å². The molecule has 17 heavy (non-hydrogen) atoms. The van der Waals surface area contributed by atoms with E-state index < -0.39 is 0 Å². The second-order valence-corrected chi connectivity index (χ2v) is 3.48. The van der Waals surface area contributed by atoms with Crippen LogP contribution in [0.3, 0.4) is 0 Å². The number of carbonyl (C=O) groups is 1. The van der Waals surface area contributed by atoms with Gasteiger partial charge < -0.3 is 14.7 Å². The van der Waals surface area contributed by atoms with E-state index in [0.29, 0.717) is 6.54 Å². The number of amides is 1. The van der Waals surface area contributed by atoms with Crippen LogP contribution in [0.1, 0.15) is 11.1 Å². The Morgan fingerprint density at radius 3 is 2.59 bits per heavy atom. The van der Waals surface area contributed by atoms with Crippen LogP contribution >= 0.6 is 0 Å². The van der Waals surface area contributed by atoms with Gasteiger partial charge in [-0.3, -0.25) is 0 Å².